The number of alkyl halides is 1. The highest BCUT2D eigenvalue weighted by Crippen LogP contribution is 2.53. The Hall–Kier alpha value is -2.99. The Morgan fingerprint density at radius 2 is 1.77 bits per heavy atom. The molecule has 1 aromatic carbocycles. The monoisotopic (exact) mass is 485 g/mol. The van der Waals surface area contributed by atoms with Crippen LogP contribution in [0.25, 0.3) is 0 Å². The van der Waals surface area contributed by atoms with E-state index in [4.69, 9.17) is 9.47 Å². The fourth-order valence-corrected chi connectivity index (χ4v) is 5.56. The summed E-state index contributed by atoms with van der Waals surface area (Å²) in [4.78, 5) is 38.7. The fourth-order valence-electron chi connectivity index (χ4n) is 5.56. The third-order valence-corrected chi connectivity index (χ3v) is 7.85. The topological polar surface area (TPSA) is 109 Å². The molecular weight excluding hydrogens is 453 g/mol. The lowest BCUT2D eigenvalue weighted by Crippen LogP contribution is -2.58. The Labute approximate surface area is 204 Å². The average Bonchev–Trinajstić information content (AvgIpc) is 3.28. The first-order valence-electron chi connectivity index (χ1n) is 12.3. The predicted octanol–water partition coefficient (Wildman–Crippen LogP) is 3.05. The van der Waals surface area contributed by atoms with Crippen molar-refractivity contribution in [2.45, 2.75) is 76.2 Å². The highest BCUT2D eigenvalue weighted by molar-refractivity contribution is 5.89. The van der Waals surface area contributed by atoms with Crippen LogP contribution in [0, 0.1) is 16.7 Å². The summed E-state index contributed by atoms with van der Waals surface area (Å²) in [5.74, 6) is -0.823. The Bertz CT molecular complexity index is 981. The van der Waals surface area contributed by atoms with Crippen molar-refractivity contribution in [2.75, 3.05) is 19.7 Å². The van der Waals surface area contributed by atoms with E-state index in [1.165, 1.54) is 4.90 Å². The number of esters is 2. The summed E-state index contributed by atoms with van der Waals surface area (Å²) in [5, 5.41) is 12.6. The van der Waals surface area contributed by atoms with Gasteiger partial charge in [-0.25, -0.2) is 9.18 Å². The Morgan fingerprint density at radius 1 is 1.11 bits per heavy atom. The van der Waals surface area contributed by atoms with E-state index >= 15 is 0 Å². The summed E-state index contributed by atoms with van der Waals surface area (Å²) in [7, 11) is 0. The average molecular weight is 486 g/mol. The molecular formula is C26H32FN3O5. The number of carbonyl (C=O) groups excluding carboxylic acids is 3. The summed E-state index contributed by atoms with van der Waals surface area (Å²) in [6, 6.07) is 8.16. The van der Waals surface area contributed by atoms with Gasteiger partial charge in [0.25, 0.3) is 0 Å². The number of hydrogen-bond donors (Lipinski definition) is 1. The number of fused-ring (bicyclic) bond motifs is 3. The predicted molar refractivity (Wildman–Crippen MR) is 124 cm³/mol. The molecule has 8 nitrogen and oxygen atoms in total. The summed E-state index contributed by atoms with van der Waals surface area (Å²) >= 11 is 0. The van der Waals surface area contributed by atoms with Crippen LogP contribution in [0.15, 0.2) is 24.3 Å². The lowest BCUT2D eigenvalue weighted by Gasteiger charge is -2.52. The molecule has 2 bridgehead atoms. The van der Waals surface area contributed by atoms with E-state index in [1.54, 1.807) is 31.2 Å². The molecule has 1 aliphatic heterocycles. The Morgan fingerprint density at radius 3 is 2.37 bits per heavy atom. The zero-order chi connectivity index (χ0) is 25.1. The molecule has 5 rings (SSSR count). The normalized spacial score (nSPS) is 29.5. The molecule has 1 N–H and O–H groups in total. The lowest BCUT2D eigenvalue weighted by atomic mass is 9.57. The zero-order valence-electron chi connectivity index (χ0n) is 20.1. The van der Waals surface area contributed by atoms with Crippen LogP contribution in [-0.4, -0.2) is 60.2 Å². The second-order valence-electron chi connectivity index (χ2n) is 9.93. The second kappa shape index (κ2) is 10.3. The summed E-state index contributed by atoms with van der Waals surface area (Å²) < 4.78 is 24.3. The number of halogens is 1. The van der Waals surface area contributed by atoms with Crippen LogP contribution in [-0.2, 0) is 25.7 Å². The van der Waals surface area contributed by atoms with Crippen molar-refractivity contribution in [3.05, 3.63) is 35.4 Å². The molecule has 0 spiro atoms. The first kappa shape index (κ1) is 25.1. The fraction of sp³-hybridized carbons (Fsp3) is 0.615. The summed E-state index contributed by atoms with van der Waals surface area (Å²) in [5.41, 5.74) is 0.551. The van der Waals surface area contributed by atoms with Gasteiger partial charge in [0.05, 0.1) is 36.7 Å². The first-order chi connectivity index (χ1) is 16.8. The van der Waals surface area contributed by atoms with E-state index < -0.39 is 17.6 Å². The number of likely N-dealkylation sites (tertiary alicyclic amines) is 1. The van der Waals surface area contributed by atoms with E-state index in [-0.39, 0.29) is 49.5 Å². The molecule has 1 unspecified atom stereocenters. The molecule has 1 aromatic rings. The minimum Gasteiger partial charge on any atom is -0.462 e. The van der Waals surface area contributed by atoms with Gasteiger partial charge in [-0.15, -0.1) is 0 Å². The number of amides is 1. The highest BCUT2D eigenvalue weighted by Gasteiger charge is 2.53. The summed E-state index contributed by atoms with van der Waals surface area (Å²) in [6.07, 6.45) is 3.27. The standard InChI is InChI=1S/C26H32FN3O5/c1-2-34-23(32)19-5-3-18(4-6-19)17-35-24(33)25-7-10-26(11-8-25,12-9-25)29-15-22(31)30-16-20(27)13-21(30)14-28/h3-6,20-21,29H,2,7-13,15-17H2,1H3/t20-,21?,25?,26?/m0/s1. The molecule has 1 saturated heterocycles. The number of nitrogens with one attached hydrogen (secondary N) is 1. The molecule has 0 radical (unpaired) electrons. The molecule has 1 amide bonds. The van der Waals surface area contributed by atoms with Crippen molar-refractivity contribution in [1.29, 1.82) is 5.26 Å². The van der Waals surface area contributed by atoms with Crippen molar-refractivity contribution in [3.63, 3.8) is 0 Å². The summed E-state index contributed by atoms with van der Waals surface area (Å²) in [6.45, 7) is 2.26. The van der Waals surface area contributed by atoms with Crippen molar-refractivity contribution < 1.29 is 28.2 Å². The van der Waals surface area contributed by atoms with Crippen molar-refractivity contribution >= 4 is 17.8 Å². The SMILES string of the molecule is CCOC(=O)c1ccc(COC(=O)C23CCC(NCC(=O)N4C[C@@H](F)CC4C#N)(CC2)CC3)cc1. The maximum atomic E-state index is 13.7. The minimum atomic E-state index is -1.15. The zero-order valence-corrected chi connectivity index (χ0v) is 20.1. The third kappa shape index (κ3) is 5.32. The molecule has 4 aliphatic rings. The van der Waals surface area contributed by atoms with E-state index in [0.29, 0.717) is 31.4 Å². The van der Waals surface area contributed by atoms with Crippen LogP contribution in [0.4, 0.5) is 4.39 Å². The quantitative estimate of drug-likeness (QED) is 0.564. The number of rotatable bonds is 8. The van der Waals surface area contributed by atoms with Crippen molar-refractivity contribution in [1.82, 2.24) is 10.2 Å². The van der Waals surface area contributed by atoms with Crippen molar-refractivity contribution in [3.8, 4) is 6.07 Å². The van der Waals surface area contributed by atoms with Gasteiger partial charge in [-0.05, 0) is 63.1 Å². The second-order valence-corrected chi connectivity index (χ2v) is 9.93. The van der Waals surface area contributed by atoms with Gasteiger partial charge in [0.15, 0.2) is 0 Å². The van der Waals surface area contributed by atoms with Crippen LogP contribution < -0.4 is 5.32 Å². The van der Waals surface area contributed by atoms with E-state index in [1.807, 2.05) is 6.07 Å². The number of nitrogens with zero attached hydrogens (tertiary/aromatic N) is 2. The van der Waals surface area contributed by atoms with Crippen LogP contribution in [0.2, 0.25) is 0 Å². The minimum absolute atomic E-state index is 0.0216. The van der Waals surface area contributed by atoms with Gasteiger partial charge in [0.2, 0.25) is 5.91 Å². The molecule has 188 valence electrons. The van der Waals surface area contributed by atoms with Crippen LogP contribution in [0.1, 0.15) is 67.8 Å². The Balaban J connectivity index is 1.26. The Kier molecular flexibility index (Phi) is 7.41. The number of benzene rings is 1. The molecule has 0 aromatic heterocycles. The third-order valence-electron chi connectivity index (χ3n) is 7.85. The number of nitriles is 1. The van der Waals surface area contributed by atoms with E-state index in [0.717, 1.165) is 24.8 Å². The van der Waals surface area contributed by atoms with Crippen LogP contribution in [0.5, 0.6) is 0 Å². The van der Waals surface area contributed by atoms with Gasteiger partial charge >= 0.3 is 11.9 Å². The maximum absolute atomic E-state index is 13.7. The molecule has 4 fully saturated rings. The lowest BCUT2D eigenvalue weighted by molar-refractivity contribution is -0.165. The molecule has 1 heterocycles. The molecule has 3 saturated carbocycles. The van der Waals surface area contributed by atoms with Crippen LogP contribution >= 0.6 is 0 Å². The van der Waals surface area contributed by atoms with Crippen LogP contribution in [0.3, 0.4) is 0 Å². The maximum Gasteiger partial charge on any atom is 0.338 e. The van der Waals surface area contributed by atoms with E-state index in [2.05, 4.69) is 5.32 Å². The van der Waals surface area contributed by atoms with Gasteiger partial charge in [-0.1, -0.05) is 12.1 Å². The number of carbonyl (C=O) groups is 3. The molecule has 35 heavy (non-hydrogen) atoms. The largest absolute Gasteiger partial charge is 0.462 e. The highest BCUT2D eigenvalue weighted by atomic mass is 19.1. The molecule has 2 atom stereocenters. The molecule has 9 heteroatoms. The van der Waals surface area contributed by atoms with Crippen molar-refractivity contribution in [2.24, 2.45) is 5.41 Å². The smallest absolute Gasteiger partial charge is 0.338 e. The first-order valence-corrected chi connectivity index (χ1v) is 12.3. The van der Waals surface area contributed by atoms with Gasteiger partial charge < -0.3 is 19.7 Å². The number of hydrogen-bond acceptors (Lipinski definition) is 7. The molecule has 3 aliphatic carbocycles. The number of ether oxygens (including phenoxy) is 2. The van der Waals surface area contributed by atoms with Gasteiger partial charge in [0, 0.05) is 12.0 Å². The van der Waals surface area contributed by atoms with Gasteiger partial charge in [-0.3, -0.25) is 9.59 Å². The van der Waals surface area contributed by atoms with E-state index in [9.17, 15) is 24.0 Å². The van der Waals surface area contributed by atoms with Gasteiger partial charge in [0.1, 0.15) is 18.8 Å². The van der Waals surface area contributed by atoms with Gasteiger partial charge in [-0.2, -0.15) is 5.26 Å².